The normalized spacial score (nSPS) is 10.7. The molecule has 1 aromatic heterocycles. The van der Waals surface area contributed by atoms with Gasteiger partial charge in [0.25, 0.3) is 0 Å². The molecule has 8 heteroatoms. The lowest BCUT2D eigenvalue weighted by Gasteiger charge is -2.10. The number of ketones is 2. The number of carbonyl (C=O) groups is 2. The molecule has 2 aromatic carbocycles. The van der Waals surface area contributed by atoms with Crippen LogP contribution in [0.5, 0.6) is 11.6 Å². The van der Waals surface area contributed by atoms with E-state index in [0.29, 0.717) is 22.0 Å². The first-order valence-electron chi connectivity index (χ1n) is 8.65. The van der Waals surface area contributed by atoms with Crippen LogP contribution in [-0.2, 0) is 7.05 Å². The van der Waals surface area contributed by atoms with E-state index in [1.54, 1.807) is 57.5 Å². The van der Waals surface area contributed by atoms with Gasteiger partial charge in [-0.15, -0.1) is 0 Å². The summed E-state index contributed by atoms with van der Waals surface area (Å²) in [4.78, 5) is 25.5. The summed E-state index contributed by atoms with van der Waals surface area (Å²) < 4.78 is 12.2. The first kappa shape index (κ1) is 20.9. The molecule has 0 saturated carbocycles. The Morgan fingerprint density at radius 1 is 1.10 bits per heavy atom. The SMILES string of the molecule is COc1ccc(C(=O)COc2c(C(=O)c3ccc(Cl)cc3Cl)c(C)nn2C)cc1. The standard InChI is InChI=1S/C21H18Cl2N2O4/c1-12-19(20(27)16-9-6-14(22)10-17(16)23)21(25(2)24-12)29-11-18(26)13-4-7-15(28-3)8-5-13/h4-10H,11H2,1-3H3. The van der Waals surface area contributed by atoms with Crippen LogP contribution in [0.3, 0.4) is 0 Å². The third-order valence-electron chi connectivity index (χ3n) is 4.32. The van der Waals surface area contributed by atoms with Crippen molar-refractivity contribution in [2.45, 2.75) is 6.92 Å². The summed E-state index contributed by atoms with van der Waals surface area (Å²) in [5.41, 5.74) is 1.46. The molecule has 0 atom stereocenters. The van der Waals surface area contributed by atoms with Crippen LogP contribution < -0.4 is 9.47 Å². The van der Waals surface area contributed by atoms with Crippen molar-refractivity contribution in [3.8, 4) is 11.6 Å². The second-order valence-corrected chi connectivity index (χ2v) is 7.13. The van der Waals surface area contributed by atoms with Crippen LogP contribution in [-0.4, -0.2) is 35.1 Å². The molecule has 150 valence electrons. The Kier molecular flexibility index (Phi) is 6.25. The first-order chi connectivity index (χ1) is 13.8. The van der Waals surface area contributed by atoms with Crippen LogP contribution in [0.15, 0.2) is 42.5 Å². The molecule has 0 bridgehead atoms. The molecule has 0 N–H and O–H groups in total. The van der Waals surface area contributed by atoms with Crippen molar-refractivity contribution in [3.05, 3.63) is 74.9 Å². The van der Waals surface area contributed by atoms with E-state index in [0.717, 1.165) is 0 Å². The molecule has 0 unspecified atom stereocenters. The molecule has 0 aliphatic heterocycles. The van der Waals surface area contributed by atoms with Crippen LogP contribution in [0, 0.1) is 6.92 Å². The molecule has 0 aliphatic rings. The Labute approximate surface area is 177 Å². The van der Waals surface area contributed by atoms with Crippen LogP contribution >= 0.6 is 23.2 Å². The van der Waals surface area contributed by atoms with Gasteiger partial charge in [-0.3, -0.25) is 9.59 Å². The molecular weight excluding hydrogens is 415 g/mol. The van der Waals surface area contributed by atoms with Crippen molar-refractivity contribution < 1.29 is 19.1 Å². The van der Waals surface area contributed by atoms with Crippen molar-refractivity contribution in [2.24, 2.45) is 7.05 Å². The highest BCUT2D eigenvalue weighted by Crippen LogP contribution is 2.29. The highest BCUT2D eigenvalue weighted by atomic mass is 35.5. The number of rotatable bonds is 7. The van der Waals surface area contributed by atoms with Crippen LogP contribution in [0.1, 0.15) is 32.0 Å². The van der Waals surface area contributed by atoms with Crippen molar-refractivity contribution in [3.63, 3.8) is 0 Å². The largest absolute Gasteiger partial charge is 0.497 e. The van der Waals surface area contributed by atoms with Crippen LogP contribution in [0.25, 0.3) is 0 Å². The smallest absolute Gasteiger partial charge is 0.223 e. The molecule has 3 aromatic rings. The van der Waals surface area contributed by atoms with E-state index in [-0.39, 0.29) is 40.2 Å². The maximum absolute atomic E-state index is 13.1. The monoisotopic (exact) mass is 432 g/mol. The molecule has 3 rings (SSSR count). The summed E-state index contributed by atoms with van der Waals surface area (Å²) in [6.45, 7) is 1.44. The molecule has 29 heavy (non-hydrogen) atoms. The number of nitrogens with zero attached hydrogens (tertiary/aromatic N) is 2. The van der Waals surface area contributed by atoms with Gasteiger partial charge in [0, 0.05) is 23.2 Å². The Hall–Kier alpha value is -2.83. The molecule has 0 aliphatic carbocycles. The van der Waals surface area contributed by atoms with Crippen molar-refractivity contribution in [1.82, 2.24) is 9.78 Å². The average molecular weight is 433 g/mol. The summed E-state index contributed by atoms with van der Waals surface area (Å²) in [6.07, 6.45) is 0. The molecule has 0 saturated heterocycles. The first-order valence-corrected chi connectivity index (χ1v) is 9.40. The predicted molar refractivity (Wildman–Crippen MR) is 111 cm³/mol. The number of ether oxygens (including phenoxy) is 2. The molecule has 0 spiro atoms. The molecule has 0 radical (unpaired) electrons. The predicted octanol–water partition coefficient (Wildman–Crippen LogP) is 4.54. The molecular formula is C21H18Cl2N2O4. The second-order valence-electron chi connectivity index (χ2n) is 6.28. The van der Waals surface area contributed by atoms with Crippen molar-refractivity contribution in [1.29, 1.82) is 0 Å². The summed E-state index contributed by atoms with van der Waals surface area (Å²) in [5.74, 6) is 0.247. The number of hydrogen-bond acceptors (Lipinski definition) is 5. The number of carbonyl (C=O) groups excluding carboxylic acids is 2. The zero-order valence-corrected chi connectivity index (χ0v) is 17.5. The lowest BCUT2D eigenvalue weighted by atomic mass is 10.0. The lowest BCUT2D eigenvalue weighted by molar-refractivity contribution is 0.0908. The molecule has 0 amide bonds. The van der Waals surface area contributed by atoms with Gasteiger partial charge in [-0.25, -0.2) is 4.68 Å². The van der Waals surface area contributed by atoms with E-state index in [2.05, 4.69) is 5.10 Å². The number of methoxy groups -OCH3 is 1. The third kappa shape index (κ3) is 4.44. The molecule has 0 fully saturated rings. The van der Waals surface area contributed by atoms with E-state index in [1.165, 1.54) is 10.7 Å². The number of aromatic nitrogens is 2. The maximum Gasteiger partial charge on any atom is 0.223 e. The van der Waals surface area contributed by atoms with Gasteiger partial charge in [0.05, 0.1) is 17.8 Å². The zero-order valence-electron chi connectivity index (χ0n) is 16.0. The van der Waals surface area contributed by atoms with Crippen LogP contribution in [0.2, 0.25) is 10.0 Å². The quantitative estimate of drug-likeness (QED) is 0.512. The second kappa shape index (κ2) is 8.68. The summed E-state index contributed by atoms with van der Waals surface area (Å²) in [6, 6.07) is 11.3. The van der Waals surface area contributed by atoms with Gasteiger partial charge in [0.15, 0.2) is 12.4 Å². The Morgan fingerprint density at radius 3 is 2.41 bits per heavy atom. The number of Topliss-reactive ketones (excluding diaryl/α,β-unsaturated/α-hetero) is 1. The maximum atomic E-state index is 13.1. The lowest BCUT2D eigenvalue weighted by Crippen LogP contribution is -2.15. The fourth-order valence-electron chi connectivity index (χ4n) is 2.87. The van der Waals surface area contributed by atoms with Gasteiger partial charge in [-0.05, 0) is 49.4 Å². The van der Waals surface area contributed by atoms with Gasteiger partial charge >= 0.3 is 0 Å². The zero-order chi connectivity index (χ0) is 21.1. The molecule has 1 heterocycles. The van der Waals surface area contributed by atoms with Crippen LogP contribution in [0.4, 0.5) is 0 Å². The Balaban J connectivity index is 1.85. The fraction of sp³-hybridized carbons (Fsp3) is 0.190. The van der Waals surface area contributed by atoms with E-state index >= 15 is 0 Å². The van der Waals surface area contributed by atoms with E-state index < -0.39 is 0 Å². The number of aryl methyl sites for hydroxylation is 2. The minimum atomic E-state index is -0.357. The highest BCUT2D eigenvalue weighted by Gasteiger charge is 2.25. The van der Waals surface area contributed by atoms with E-state index in [1.807, 2.05) is 0 Å². The minimum Gasteiger partial charge on any atom is -0.497 e. The van der Waals surface area contributed by atoms with E-state index in [4.69, 9.17) is 32.7 Å². The summed E-state index contributed by atoms with van der Waals surface area (Å²) in [5, 5.41) is 4.91. The highest BCUT2D eigenvalue weighted by molar-refractivity contribution is 6.37. The minimum absolute atomic E-state index is 0.195. The van der Waals surface area contributed by atoms with Crippen molar-refractivity contribution in [2.75, 3.05) is 13.7 Å². The van der Waals surface area contributed by atoms with Gasteiger partial charge in [0.2, 0.25) is 11.7 Å². The fourth-order valence-corrected chi connectivity index (χ4v) is 3.36. The third-order valence-corrected chi connectivity index (χ3v) is 4.87. The topological polar surface area (TPSA) is 70.4 Å². The number of benzene rings is 2. The Bertz CT molecular complexity index is 1080. The van der Waals surface area contributed by atoms with Gasteiger partial charge in [-0.2, -0.15) is 5.10 Å². The van der Waals surface area contributed by atoms with E-state index in [9.17, 15) is 9.59 Å². The Morgan fingerprint density at radius 2 is 1.79 bits per heavy atom. The van der Waals surface area contributed by atoms with Gasteiger partial charge in [0.1, 0.15) is 11.3 Å². The summed E-state index contributed by atoms with van der Waals surface area (Å²) >= 11 is 12.1. The number of halogens is 2. The van der Waals surface area contributed by atoms with Gasteiger partial charge in [-0.1, -0.05) is 23.2 Å². The average Bonchev–Trinajstić information content (AvgIpc) is 2.98. The molecule has 6 nitrogen and oxygen atoms in total. The summed E-state index contributed by atoms with van der Waals surface area (Å²) in [7, 11) is 3.19. The van der Waals surface area contributed by atoms with Gasteiger partial charge < -0.3 is 9.47 Å². The number of hydrogen-bond donors (Lipinski definition) is 0. The van der Waals surface area contributed by atoms with Crippen molar-refractivity contribution >= 4 is 34.8 Å².